The van der Waals surface area contributed by atoms with Crippen molar-refractivity contribution >= 4 is 17.3 Å². The summed E-state index contributed by atoms with van der Waals surface area (Å²) < 4.78 is 5.95. The first-order valence-electron chi connectivity index (χ1n) is 7.54. The normalized spacial score (nSPS) is 10.1. The maximum absolute atomic E-state index is 10.9. The molecule has 0 spiro atoms. The van der Waals surface area contributed by atoms with E-state index in [0.717, 1.165) is 27.4 Å². The fraction of sp³-hybridized carbons (Fsp3) is 0.158. The second kappa shape index (κ2) is 9.15. The number of carboxylic acids is 1. The van der Waals surface area contributed by atoms with E-state index >= 15 is 0 Å². The summed E-state index contributed by atoms with van der Waals surface area (Å²) in [7, 11) is 0. The molecule has 0 saturated heterocycles. The molecular formula is C19H16NNaO3S. The van der Waals surface area contributed by atoms with E-state index in [4.69, 9.17) is 4.74 Å². The van der Waals surface area contributed by atoms with Crippen LogP contribution >= 0.6 is 11.3 Å². The van der Waals surface area contributed by atoms with Crippen LogP contribution in [0.1, 0.15) is 32.2 Å². The first kappa shape index (κ1) is 19.7. The third kappa shape index (κ3) is 5.41. The summed E-state index contributed by atoms with van der Waals surface area (Å²) in [6, 6.07) is 15.9. The Kier molecular flexibility index (Phi) is 7.20. The molecule has 1 aromatic heterocycles. The molecule has 122 valence electrons. The Morgan fingerprint density at radius 1 is 1.20 bits per heavy atom. The van der Waals surface area contributed by atoms with Gasteiger partial charge in [-0.25, -0.2) is 4.98 Å². The van der Waals surface area contributed by atoms with Crippen LogP contribution in [0, 0.1) is 6.92 Å². The summed E-state index contributed by atoms with van der Waals surface area (Å²) in [6.45, 7) is 2.50. The molecule has 3 aromatic rings. The molecule has 0 saturated carbocycles. The smallest absolute Gasteiger partial charge is 0.543 e. The number of carbonyl (C=O) groups is 1. The zero-order valence-corrected chi connectivity index (χ0v) is 17.0. The van der Waals surface area contributed by atoms with Gasteiger partial charge in [-0.3, -0.25) is 0 Å². The number of hydrogen-bond donors (Lipinski definition) is 0. The first-order chi connectivity index (χ1) is 11.6. The third-order valence-electron chi connectivity index (χ3n) is 3.56. The summed E-state index contributed by atoms with van der Waals surface area (Å²) in [5.41, 5.74) is 3.19. The number of aromatic nitrogens is 1. The molecule has 0 bridgehead atoms. The minimum atomic E-state index is -1.25. The van der Waals surface area contributed by atoms with E-state index in [9.17, 15) is 9.90 Å². The average molecular weight is 361 g/mol. The molecule has 0 amide bonds. The maximum Gasteiger partial charge on any atom is 1.00 e. The van der Waals surface area contributed by atoms with Gasteiger partial charge >= 0.3 is 29.6 Å². The van der Waals surface area contributed by atoms with Crippen molar-refractivity contribution in [2.45, 2.75) is 20.0 Å². The Bertz CT molecular complexity index is 849. The molecule has 25 heavy (non-hydrogen) atoms. The van der Waals surface area contributed by atoms with Crippen LogP contribution in [-0.4, -0.2) is 11.0 Å². The van der Waals surface area contributed by atoms with Gasteiger partial charge in [0.15, 0.2) is 0 Å². The molecule has 0 aliphatic carbocycles. The van der Waals surface area contributed by atoms with Crippen molar-refractivity contribution in [1.29, 1.82) is 0 Å². The van der Waals surface area contributed by atoms with Crippen molar-refractivity contribution in [2.24, 2.45) is 0 Å². The molecule has 0 fully saturated rings. The Morgan fingerprint density at radius 3 is 2.64 bits per heavy atom. The van der Waals surface area contributed by atoms with E-state index in [-0.39, 0.29) is 35.3 Å². The number of carboxylic acid groups (broad SMARTS) is 1. The van der Waals surface area contributed by atoms with E-state index in [2.05, 4.69) is 4.98 Å². The van der Waals surface area contributed by atoms with Gasteiger partial charge in [0.05, 0.1) is 16.7 Å². The second-order valence-corrected chi connectivity index (χ2v) is 6.42. The predicted octanol–water partition coefficient (Wildman–Crippen LogP) is -0.0112. The van der Waals surface area contributed by atoms with Gasteiger partial charge in [0.2, 0.25) is 0 Å². The van der Waals surface area contributed by atoms with Gasteiger partial charge in [0, 0.05) is 17.4 Å². The molecule has 4 nitrogen and oxygen atoms in total. The molecule has 1 heterocycles. The Balaban J connectivity index is 0.00000225. The quantitative estimate of drug-likeness (QED) is 0.580. The van der Waals surface area contributed by atoms with Gasteiger partial charge in [-0.1, -0.05) is 48.0 Å². The van der Waals surface area contributed by atoms with Crippen molar-refractivity contribution in [2.75, 3.05) is 0 Å². The maximum atomic E-state index is 10.9. The number of nitrogens with zero attached hydrogens (tertiary/aromatic N) is 1. The predicted molar refractivity (Wildman–Crippen MR) is 91.2 cm³/mol. The molecule has 3 rings (SSSR count). The topological polar surface area (TPSA) is 62.2 Å². The minimum absolute atomic E-state index is 0. The van der Waals surface area contributed by atoms with Crippen molar-refractivity contribution in [1.82, 2.24) is 4.98 Å². The van der Waals surface area contributed by atoms with Crippen LogP contribution < -0.4 is 39.4 Å². The minimum Gasteiger partial charge on any atom is -0.543 e. The van der Waals surface area contributed by atoms with E-state index in [1.54, 1.807) is 0 Å². The molecule has 0 aliphatic rings. The van der Waals surface area contributed by atoms with Crippen molar-refractivity contribution in [3.8, 4) is 5.75 Å². The summed E-state index contributed by atoms with van der Waals surface area (Å²) >= 11 is 1.31. The average Bonchev–Trinajstić information content (AvgIpc) is 3.04. The van der Waals surface area contributed by atoms with Crippen LogP contribution in [-0.2, 0) is 13.0 Å². The van der Waals surface area contributed by atoms with E-state index in [1.807, 2.05) is 55.5 Å². The largest absolute Gasteiger partial charge is 1.00 e. The molecule has 2 aromatic carbocycles. The van der Waals surface area contributed by atoms with Crippen molar-refractivity contribution < 1.29 is 44.2 Å². The number of thiazole rings is 1. The summed E-state index contributed by atoms with van der Waals surface area (Å²) in [5.74, 6) is -0.461. The van der Waals surface area contributed by atoms with Gasteiger partial charge in [0.1, 0.15) is 12.4 Å². The number of carbonyl (C=O) groups excluding carboxylic acids is 1. The Hall–Kier alpha value is -1.66. The standard InChI is InChI=1S/C19H17NO3S.Na/c1-13-7-8-17(23-11-14-5-3-2-4-6-14)15(9-13)10-18-20-16(12-24-18)19(21)22;/h2-9,12H,10-11H2,1H3,(H,21,22);/q;+1/p-1. The van der Waals surface area contributed by atoms with Gasteiger partial charge < -0.3 is 14.6 Å². The molecule has 0 aliphatic heterocycles. The fourth-order valence-electron chi connectivity index (χ4n) is 2.37. The SMILES string of the molecule is Cc1ccc(OCc2ccccc2)c(Cc2nc(C(=O)[O-])cs2)c1.[Na+]. The van der Waals surface area contributed by atoms with Gasteiger partial charge in [-0.15, -0.1) is 11.3 Å². The number of aromatic carboxylic acids is 1. The van der Waals surface area contributed by atoms with Crippen molar-refractivity contribution in [3.05, 3.63) is 81.3 Å². The van der Waals surface area contributed by atoms with E-state index in [0.29, 0.717) is 13.0 Å². The second-order valence-electron chi connectivity index (χ2n) is 5.48. The Labute approximate surface area is 172 Å². The molecule has 0 N–H and O–H groups in total. The van der Waals surface area contributed by atoms with Crippen LogP contribution in [0.2, 0.25) is 0 Å². The van der Waals surface area contributed by atoms with Crippen molar-refractivity contribution in [3.63, 3.8) is 0 Å². The van der Waals surface area contributed by atoms with E-state index in [1.165, 1.54) is 16.7 Å². The number of hydrogen-bond acceptors (Lipinski definition) is 5. The fourth-order valence-corrected chi connectivity index (χ4v) is 3.16. The number of aryl methyl sites for hydroxylation is 1. The summed E-state index contributed by atoms with van der Waals surface area (Å²) in [6.07, 6.45) is 0.531. The zero-order chi connectivity index (χ0) is 16.9. The summed E-state index contributed by atoms with van der Waals surface area (Å²) in [4.78, 5) is 15.0. The number of rotatable bonds is 6. The first-order valence-corrected chi connectivity index (χ1v) is 8.42. The van der Waals surface area contributed by atoms with Crippen LogP contribution in [0.15, 0.2) is 53.9 Å². The molecule has 0 radical (unpaired) electrons. The molecular weight excluding hydrogens is 345 g/mol. The van der Waals surface area contributed by atoms with Gasteiger partial charge in [-0.2, -0.15) is 0 Å². The van der Waals surface area contributed by atoms with Gasteiger partial charge in [0.25, 0.3) is 0 Å². The van der Waals surface area contributed by atoms with Crippen LogP contribution in [0.4, 0.5) is 0 Å². The summed E-state index contributed by atoms with van der Waals surface area (Å²) in [5, 5.41) is 13.1. The molecule has 0 unspecified atom stereocenters. The molecule has 6 heteroatoms. The van der Waals surface area contributed by atoms with Crippen LogP contribution in [0.5, 0.6) is 5.75 Å². The zero-order valence-electron chi connectivity index (χ0n) is 14.2. The number of benzene rings is 2. The van der Waals surface area contributed by atoms with Crippen LogP contribution in [0.3, 0.4) is 0 Å². The Morgan fingerprint density at radius 2 is 1.96 bits per heavy atom. The van der Waals surface area contributed by atoms with Crippen LogP contribution in [0.25, 0.3) is 0 Å². The number of ether oxygens (including phenoxy) is 1. The van der Waals surface area contributed by atoms with Gasteiger partial charge in [-0.05, 0) is 18.6 Å². The molecule has 0 atom stereocenters. The monoisotopic (exact) mass is 361 g/mol. The third-order valence-corrected chi connectivity index (χ3v) is 4.40. The van der Waals surface area contributed by atoms with E-state index < -0.39 is 5.97 Å².